The van der Waals surface area contributed by atoms with Crippen LogP contribution in [-0.2, 0) is 9.59 Å². The van der Waals surface area contributed by atoms with Crippen LogP contribution in [0.25, 0.3) is 0 Å². The fourth-order valence-electron chi connectivity index (χ4n) is 1.63. The van der Waals surface area contributed by atoms with Gasteiger partial charge in [0.05, 0.1) is 12.0 Å². The summed E-state index contributed by atoms with van der Waals surface area (Å²) in [6.45, 7) is 0.433. The first kappa shape index (κ1) is 12.0. The van der Waals surface area contributed by atoms with Crippen LogP contribution >= 0.6 is 0 Å². The van der Waals surface area contributed by atoms with Crippen LogP contribution in [0.4, 0.5) is 0 Å². The zero-order valence-electron chi connectivity index (χ0n) is 9.38. The Morgan fingerprint density at radius 2 is 2.00 bits per heavy atom. The Balaban J connectivity index is 2.39. The van der Waals surface area contributed by atoms with Crippen molar-refractivity contribution < 1.29 is 9.59 Å². The summed E-state index contributed by atoms with van der Waals surface area (Å²) in [4.78, 5) is 24.4. The molecule has 0 aliphatic heterocycles. The number of nitrogens with two attached hydrogens (primary N) is 1. The van der Waals surface area contributed by atoms with Gasteiger partial charge in [0.2, 0.25) is 11.8 Å². The molecule has 15 heavy (non-hydrogen) atoms. The van der Waals surface area contributed by atoms with Gasteiger partial charge in [-0.15, -0.1) is 0 Å². The van der Waals surface area contributed by atoms with Crippen LogP contribution < -0.4 is 11.1 Å². The third-order valence-electron chi connectivity index (χ3n) is 3.08. The summed E-state index contributed by atoms with van der Waals surface area (Å²) < 4.78 is 0. The third kappa shape index (κ3) is 2.47. The maximum Gasteiger partial charge on any atom is 0.241 e. The molecule has 0 radical (unpaired) electrons. The lowest BCUT2D eigenvalue weighted by molar-refractivity contribution is -0.138. The van der Waals surface area contributed by atoms with Gasteiger partial charge in [-0.2, -0.15) is 0 Å². The van der Waals surface area contributed by atoms with Gasteiger partial charge in [-0.25, -0.2) is 0 Å². The molecule has 0 heterocycles. The van der Waals surface area contributed by atoms with Crippen molar-refractivity contribution >= 4 is 11.8 Å². The monoisotopic (exact) mass is 213 g/mol. The van der Waals surface area contributed by atoms with Crippen LogP contribution in [-0.4, -0.2) is 43.9 Å². The van der Waals surface area contributed by atoms with Crippen molar-refractivity contribution in [3.63, 3.8) is 0 Å². The lowest BCUT2D eigenvalue weighted by Crippen LogP contribution is -2.52. The van der Waals surface area contributed by atoms with Crippen molar-refractivity contribution in [2.75, 3.05) is 27.2 Å². The van der Waals surface area contributed by atoms with Crippen molar-refractivity contribution in [2.24, 2.45) is 11.1 Å². The Labute approximate surface area is 90.0 Å². The Bertz CT molecular complexity index is 254. The molecule has 5 heteroatoms. The Kier molecular flexibility index (Phi) is 3.68. The molecule has 1 rings (SSSR count). The van der Waals surface area contributed by atoms with Gasteiger partial charge in [0.1, 0.15) is 0 Å². The maximum atomic E-state index is 11.7. The van der Waals surface area contributed by atoms with Crippen LogP contribution in [0.5, 0.6) is 0 Å². The van der Waals surface area contributed by atoms with Crippen LogP contribution in [0, 0.1) is 5.41 Å². The number of rotatable bonds is 4. The smallest absolute Gasteiger partial charge is 0.241 e. The Morgan fingerprint density at radius 1 is 1.40 bits per heavy atom. The molecule has 1 saturated carbocycles. The Morgan fingerprint density at radius 3 is 2.33 bits per heavy atom. The quantitative estimate of drug-likeness (QED) is 0.649. The molecule has 1 fully saturated rings. The largest absolute Gasteiger partial charge is 0.347 e. The summed E-state index contributed by atoms with van der Waals surface area (Å²) in [5.41, 5.74) is 5.18. The van der Waals surface area contributed by atoms with Gasteiger partial charge in [-0.1, -0.05) is 6.42 Å². The van der Waals surface area contributed by atoms with E-state index in [1.807, 2.05) is 0 Å². The van der Waals surface area contributed by atoms with E-state index in [9.17, 15) is 9.59 Å². The molecular formula is C10H19N3O2. The highest BCUT2D eigenvalue weighted by atomic mass is 16.2. The predicted octanol–water partition coefficient (Wildman–Crippen LogP) is -0.680. The average Bonchev–Trinajstić information content (AvgIpc) is 2.13. The third-order valence-corrected chi connectivity index (χ3v) is 3.08. The number of hydrogen-bond acceptors (Lipinski definition) is 3. The first-order valence-corrected chi connectivity index (χ1v) is 5.20. The number of carbonyl (C=O) groups is 2. The summed E-state index contributed by atoms with van der Waals surface area (Å²) in [6, 6.07) is 0. The molecule has 0 spiro atoms. The van der Waals surface area contributed by atoms with Gasteiger partial charge in [-0.3, -0.25) is 9.59 Å². The van der Waals surface area contributed by atoms with E-state index in [1.165, 1.54) is 4.90 Å². The molecule has 1 aliphatic carbocycles. The Hall–Kier alpha value is -1.10. The molecule has 0 aromatic carbocycles. The van der Waals surface area contributed by atoms with E-state index in [1.54, 1.807) is 14.1 Å². The summed E-state index contributed by atoms with van der Waals surface area (Å²) in [5.74, 6) is -0.179. The minimum absolute atomic E-state index is 0.0631. The molecule has 5 nitrogen and oxygen atoms in total. The van der Waals surface area contributed by atoms with Crippen LogP contribution in [0.3, 0.4) is 0 Å². The minimum Gasteiger partial charge on any atom is -0.347 e. The zero-order chi connectivity index (χ0) is 11.5. The molecule has 1 aliphatic rings. The molecule has 0 aromatic rings. The number of likely N-dealkylation sites (N-methyl/N-ethyl adjacent to an activating group) is 1. The van der Waals surface area contributed by atoms with Crippen molar-refractivity contribution in [1.29, 1.82) is 0 Å². The van der Waals surface area contributed by atoms with Gasteiger partial charge in [-0.05, 0) is 12.8 Å². The van der Waals surface area contributed by atoms with E-state index in [-0.39, 0.29) is 18.4 Å². The van der Waals surface area contributed by atoms with Crippen molar-refractivity contribution in [2.45, 2.75) is 19.3 Å². The predicted molar refractivity (Wildman–Crippen MR) is 57.0 cm³/mol. The second-order valence-corrected chi connectivity index (χ2v) is 4.31. The number of nitrogens with zero attached hydrogens (tertiary/aromatic N) is 1. The second-order valence-electron chi connectivity index (χ2n) is 4.31. The van der Waals surface area contributed by atoms with E-state index in [0.29, 0.717) is 6.54 Å². The fourth-order valence-corrected chi connectivity index (χ4v) is 1.63. The van der Waals surface area contributed by atoms with E-state index in [4.69, 9.17) is 5.73 Å². The SMILES string of the molecule is CN(C)C(=O)CNC(=O)C1(CN)CCC1. The fraction of sp³-hybridized carbons (Fsp3) is 0.800. The maximum absolute atomic E-state index is 11.7. The van der Waals surface area contributed by atoms with Gasteiger partial charge in [0.15, 0.2) is 0 Å². The normalized spacial score (nSPS) is 17.8. The second kappa shape index (κ2) is 4.61. The molecule has 3 N–H and O–H groups in total. The standard InChI is InChI=1S/C10H19N3O2/c1-13(2)8(14)6-12-9(15)10(7-11)4-3-5-10/h3-7,11H2,1-2H3,(H,12,15). The minimum atomic E-state index is -0.396. The van der Waals surface area contributed by atoms with E-state index in [0.717, 1.165) is 19.3 Å². The lowest BCUT2D eigenvalue weighted by atomic mass is 9.68. The highest BCUT2D eigenvalue weighted by Gasteiger charge is 2.42. The topological polar surface area (TPSA) is 75.4 Å². The summed E-state index contributed by atoms with van der Waals surface area (Å²) in [6.07, 6.45) is 2.73. The molecule has 0 bridgehead atoms. The number of carbonyl (C=O) groups excluding carboxylic acids is 2. The molecule has 86 valence electrons. The van der Waals surface area contributed by atoms with Gasteiger partial charge >= 0.3 is 0 Å². The first-order valence-electron chi connectivity index (χ1n) is 5.20. The number of hydrogen-bond donors (Lipinski definition) is 2. The number of amides is 2. The highest BCUT2D eigenvalue weighted by Crippen LogP contribution is 2.39. The average molecular weight is 213 g/mol. The van der Waals surface area contributed by atoms with Crippen LogP contribution in [0.2, 0.25) is 0 Å². The summed E-state index contributed by atoms with van der Waals surface area (Å²) in [5, 5.41) is 2.65. The highest BCUT2D eigenvalue weighted by molar-refractivity contribution is 5.88. The molecule has 2 amide bonds. The molecule has 0 atom stereocenters. The van der Waals surface area contributed by atoms with Gasteiger partial charge in [0.25, 0.3) is 0 Å². The van der Waals surface area contributed by atoms with Gasteiger partial charge in [0, 0.05) is 20.6 Å². The summed E-state index contributed by atoms with van der Waals surface area (Å²) in [7, 11) is 3.33. The summed E-state index contributed by atoms with van der Waals surface area (Å²) >= 11 is 0. The molecule has 0 unspecified atom stereocenters. The molecule has 0 aromatic heterocycles. The lowest BCUT2D eigenvalue weighted by Gasteiger charge is -2.39. The zero-order valence-corrected chi connectivity index (χ0v) is 9.38. The molecule has 0 saturated heterocycles. The van der Waals surface area contributed by atoms with E-state index in [2.05, 4.69) is 5.32 Å². The van der Waals surface area contributed by atoms with Crippen molar-refractivity contribution in [1.82, 2.24) is 10.2 Å². The van der Waals surface area contributed by atoms with Crippen LogP contribution in [0.1, 0.15) is 19.3 Å². The van der Waals surface area contributed by atoms with Crippen molar-refractivity contribution in [3.05, 3.63) is 0 Å². The first-order chi connectivity index (χ1) is 7.02. The van der Waals surface area contributed by atoms with Crippen LogP contribution in [0.15, 0.2) is 0 Å². The number of nitrogens with one attached hydrogen (secondary N) is 1. The van der Waals surface area contributed by atoms with E-state index >= 15 is 0 Å². The van der Waals surface area contributed by atoms with Gasteiger partial charge < -0.3 is 16.0 Å². The van der Waals surface area contributed by atoms with E-state index < -0.39 is 5.41 Å². The molecular weight excluding hydrogens is 194 g/mol. The van der Waals surface area contributed by atoms with Crippen molar-refractivity contribution in [3.8, 4) is 0 Å².